The summed E-state index contributed by atoms with van der Waals surface area (Å²) in [5, 5.41) is 2.75. The number of amides is 1. The molecule has 5 heteroatoms. The Kier molecular flexibility index (Phi) is 10.3. The topological polar surface area (TPSA) is 41.5 Å². The van der Waals surface area contributed by atoms with Crippen LogP contribution in [0.3, 0.4) is 0 Å². The van der Waals surface area contributed by atoms with Gasteiger partial charge in [-0.15, -0.1) is 0 Å². The maximum Gasteiger partial charge on any atom is 0.250 e. The van der Waals surface area contributed by atoms with Crippen molar-refractivity contribution in [2.24, 2.45) is 10.9 Å². The summed E-state index contributed by atoms with van der Waals surface area (Å²) in [4.78, 5) is 18.3. The van der Waals surface area contributed by atoms with E-state index in [1.54, 1.807) is 23.9 Å². The van der Waals surface area contributed by atoms with Crippen LogP contribution in [0.25, 0.3) is 0 Å². The van der Waals surface area contributed by atoms with E-state index in [1.807, 2.05) is 18.2 Å². The normalized spacial score (nSPS) is 12.7. The van der Waals surface area contributed by atoms with Crippen molar-refractivity contribution < 1.29 is 9.18 Å². The van der Waals surface area contributed by atoms with E-state index in [4.69, 9.17) is 4.99 Å². The van der Waals surface area contributed by atoms with Gasteiger partial charge in [0.25, 0.3) is 5.91 Å². The molecule has 1 aliphatic heterocycles. The lowest BCUT2D eigenvalue weighted by Crippen LogP contribution is -2.25. The number of fused-ring (bicyclic) bond motifs is 1. The Morgan fingerprint density at radius 2 is 1.94 bits per heavy atom. The van der Waals surface area contributed by atoms with Crippen molar-refractivity contribution in [2.75, 3.05) is 6.54 Å². The van der Waals surface area contributed by atoms with Crippen LogP contribution in [0, 0.1) is 11.7 Å². The number of nitrogens with one attached hydrogen (secondary N) is 1. The number of benzene rings is 2. The molecule has 0 aromatic heterocycles. The van der Waals surface area contributed by atoms with Crippen LogP contribution in [-0.4, -0.2) is 18.2 Å². The monoisotopic (exact) mass is 464 g/mol. The predicted octanol–water partition coefficient (Wildman–Crippen LogP) is 7.30. The van der Waals surface area contributed by atoms with Gasteiger partial charge in [-0.1, -0.05) is 82.1 Å². The lowest BCUT2D eigenvalue weighted by atomic mass is 10.0. The molecule has 0 fully saturated rings. The average Bonchev–Trinajstić information content (AvgIpc) is 2.94. The number of nitrogens with zero attached hydrogens (tertiary/aromatic N) is 1. The van der Waals surface area contributed by atoms with Crippen LogP contribution in [0.1, 0.15) is 51.7 Å². The van der Waals surface area contributed by atoms with Crippen molar-refractivity contribution in [2.45, 2.75) is 45.4 Å². The molecule has 1 aliphatic rings. The van der Waals surface area contributed by atoms with Crippen LogP contribution in [0.4, 0.5) is 4.39 Å². The third-order valence-corrected chi connectivity index (χ3v) is 6.15. The van der Waals surface area contributed by atoms with Crippen LogP contribution in [0.15, 0.2) is 93.8 Å². The quantitative estimate of drug-likeness (QED) is 0.345. The molecule has 3 nitrogen and oxygen atoms in total. The van der Waals surface area contributed by atoms with Gasteiger partial charge in [0, 0.05) is 33.0 Å². The zero-order valence-corrected chi connectivity index (χ0v) is 20.8. The molecule has 0 unspecified atom stereocenters. The lowest BCUT2D eigenvalue weighted by Gasteiger charge is -2.09. The molecule has 2 aromatic carbocycles. The van der Waals surface area contributed by atoms with Crippen molar-refractivity contribution in [3.63, 3.8) is 0 Å². The molecule has 1 heterocycles. The van der Waals surface area contributed by atoms with Gasteiger partial charge in [-0.05, 0) is 43.9 Å². The minimum absolute atomic E-state index is 0.120. The van der Waals surface area contributed by atoms with Gasteiger partial charge in [0.2, 0.25) is 0 Å². The number of aliphatic imine (C=N–C) groups is 1. The highest BCUT2D eigenvalue weighted by molar-refractivity contribution is 8.03. The van der Waals surface area contributed by atoms with Crippen LogP contribution >= 0.6 is 11.8 Å². The molecule has 1 N–H and O–H groups in total. The third-order valence-electron chi connectivity index (χ3n) is 5.04. The van der Waals surface area contributed by atoms with Crippen LogP contribution in [-0.2, 0) is 4.79 Å². The lowest BCUT2D eigenvalue weighted by molar-refractivity contribution is -0.117. The van der Waals surface area contributed by atoms with E-state index in [0.717, 1.165) is 35.4 Å². The number of hydrogen-bond acceptors (Lipinski definition) is 3. The second-order valence-corrected chi connectivity index (χ2v) is 9.35. The van der Waals surface area contributed by atoms with E-state index in [0.29, 0.717) is 18.0 Å². The van der Waals surface area contributed by atoms with Gasteiger partial charge in [-0.3, -0.25) is 9.79 Å². The number of carbonyl (C=O) groups excluding carboxylic acids is 1. The molecule has 0 spiro atoms. The molecule has 0 atom stereocenters. The molecule has 0 radical (unpaired) electrons. The molecule has 33 heavy (non-hydrogen) atoms. The molecule has 3 rings (SSSR count). The minimum atomic E-state index is -0.233. The standard InChI is InChI=1S/C18H16FNS.C10H17NO/c1-3-16-12(2)21-17-10-5-4-9-15(17)18(20-16)13-7-6-8-14(19)11-13;1-5-9(4)10(12)11-7-6-8(2)3/h4-11H,3H2,1-2H3;5,8H,1,4,6-7H2,2-3H3,(H,11,12). The van der Waals surface area contributed by atoms with Crippen molar-refractivity contribution in [3.8, 4) is 0 Å². The van der Waals surface area contributed by atoms with E-state index in [9.17, 15) is 9.18 Å². The maximum absolute atomic E-state index is 13.6. The summed E-state index contributed by atoms with van der Waals surface area (Å²) < 4.78 is 13.6. The van der Waals surface area contributed by atoms with E-state index < -0.39 is 0 Å². The summed E-state index contributed by atoms with van der Waals surface area (Å²) in [5.74, 6) is 0.260. The minimum Gasteiger partial charge on any atom is -0.352 e. The van der Waals surface area contributed by atoms with Gasteiger partial charge in [0.15, 0.2) is 0 Å². The molecule has 0 aliphatic carbocycles. The fourth-order valence-electron chi connectivity index (χ4n) is 3.11. The van der Waals surface area contributed by atoms with E-state index in [-0.39, 0.29) is 11.7 Å². The van der Waals surface area contributed by atoms with Gasteiger partial charge in [0.1, 0.15) is 5.82 Å². The molecule has 174 valence electrons. The number of carbonyl (C=O) groups is 1. The van der Waals surface area contributed by atoms with E-state index >= 15 is 0 Å². The van der Waals surface area contributed by atoms with Gasteiger partial charge >= 0.3 is 0 Å². The van der Waals surface area contributed by atoms with Gasteiger partial charge in [0.05, 0.1) is 11.4 Å². The predicted molar refractivity (Wildman–Crippen MR) is 139 cm³/mol. The Bertz CT molecular complexity index is 1070. The molecular weight excluding hydrogens is 431 g/mol. The Labute approximate surface area is 201 Å². The summed E-state index contributed by atoms with van der Waals surface area (Å²) in [6.45, 7) is 16.2. The van der Waals surface area contributed by atoms with Crippen molar-refractivity contribution in [1.29, 1.82) is 0 Å². The summed E-state index contributed by atoms with van der Waals surface area (Å²) in [5.41, 5.74) is 4.24. The Balaban J connectivity index is 0.000000277. The molecule has 0 saturated heterocycles. The van der Waals surface area contributed by atoms with Gasteiger partial charge in [-0.2, -0.15) is 0 Å². The smallest absolute Gasteiger partial charge is 0.250 e. The third kappa shape index (κ3) is 7.86. The summed E-state index contributed by atoms with van der Waals surface area (Å²) in [7, 11) is 0. The first kappa shape index (κ1) is 26.3. The van der Waals surface area contributed by atoms with Crippen LogP contribution in [0.5, 0.6) is 0 Å². The fraction of sp³-hybridized carbons (Fsp3) is 0.286. The molecular formula is C28H33FN2OS. The van der Waals surface area contributed by atoms with Crippen LogP contribution < -0.4 is 5.32 Å². The molecule has 0 saturated carbocycles. The zero-order chi connectivity index (χ0) is 24.4. The SMILES string of the molecule is C=CC(=C)C(=O)NCCC(C)C.CCC1=C(C)Sc2ccccc2C(c2cccc(F)c2)=N1. The number of halogens is 1. The Hall–Kier alpha value is -2.92. The Morgan fingerprint density at radius 1 is 1.21 bits per heavy atom. The highest BCUT2D eigenvalue weighted by Crippen LogP contribution is 2.37. The van der Waals surface area contributed by atoms with Crippen LogP contribution in [0.2, 0.25) is 0 Å². The maximum atomic E-state index is 13.6. The zero-order valence-electron chi connectivity index (χ0n) is 20.0. The van der Waals surface area contributed by atoms with Gasteiger partial charge < -0.3 is 5.32 Å². The van der Waals surface area contributed by atoms with Gasteiger partial charge in [-0.25, -0.2) is 4.39 Å². The average molecular weight is 465 g/mol. The molecule has 2 aromatic rings. The first-order chi connectivity index (χ1) is 15.8. The van der Waals surface area contributed by atoms with E-state index in [2.05, 4.69) is 58.3 Å². The molecule has 1 amide bonds. The number of thioether (sulfide) groups is 1. The fourth-order valence-corrected chi connectivity index (χ4v) is 4.17. The summed E-state index contributed by atoms with van der Waals surface area (Å²) in [6, 6.07) is 14.8. The highest BCUT2D eigenvalue weighted by Gasteiger charge is 2.18. The summed E-state index contributed by atoms with van der Waals surface area (Å²) in [6.07, 6.45) is 3.33. The van der Waals surface area contributed by atoms with Crippen molar-refractivity contribution in [1.82, 2.24) is 5.32 Å². The largest absolute Gasteiger partial charge is 0.352 e. The number of allylic oxidation sites excluding steroid dienone is 2. The van der Waals surface area contributed by atoms with Crippen molar-refractivity contribution >= 4 is 23.4 Å². The highest BCUT2D eigenvalue weighted by atomic mass is 32.2. The number of rotatable bonds is 7. The first-order valence-corrected chi connectivity index (χ1v) is 12.0. The van der Waals surface area contributed by atoms with E-state index in [1.165, 1.54) is 21.9 Å². The van der Waals surface area contributed by atoms with Crippen molar-refractivity contribution in [3.05, 3.63) is 101 Å². The first-order valence-electron chi connectivity index (χ1n) is 11.2. The summed E-state index contributed by atoms with van der Waals surface area (Å²) >= 11 is 1.74. The Morgan fingerprint density at radius 3 is 2.58 bits per heavy atom. The second-order valence-electron chi connectivity index (χ2n) is 8.09. The second kappa shape index (κ2) is 12.9. The molecule has 0 bridgehead atoms. The number of hydrogen-bond donors (Lipinski definition) is 1.